The van der Waals surface area contributed by atoms with Crippen LogP contribution in [-0.2, 0) is 12.8 Å². The summed E-state index contributed by atoms with van der Waals surface area (Å²) in [5.74, 6) is 1.24. The molecule has 0 aliphatic heterocycles. The van der Waals surface area contributed by atoms with E-state index < -0.39 is 0 Å². The van der Waals surface area contributed by atoms with Crippen molar-refractivity contribution in [3.8, 4) is 16.9 Å². The molecule has 1 N–H and O–H groups in total. The monoisotopic (exact) mass is 351 g/mol. The first-order valence-corrected chi connectivity index (χ1v) is 8.66. The lowest BCUT2D eigenvalue weighted by molar-refractivity contribution is 0.415. The molecule has 0 radical (unpaired) electrons. The Morgan fingerprint density at radius 1 is 1.04 bits per heavy atom. The molecule has 0 atom stereocenters. The van der Waals surface area contributed by atoms with Crippen LogP contribution in [-0.4, -0.2) is 17.1 Å². The minimum atomic E-state index is 0.586. The van der Waals surface area contributed by atoms with Gasteiger partial charge < -0.3 is 10.1 Å². The van der Waals surface area contributed by atoms with Gasteiger partial charge in [0.25, 0.3) is 0 Å². The molecule has 1 aliphatic carbocycles. The maximum absolute atomic E-state index is 6.08. The van der Waals surface area contributed by atoms with E-state index in [4.69, 9.17) is 16.3 Å². The Morgan fingerprint density at radius 2 is 1.88 bits per heavy atom. The Balaban J connectivity index is 1.58. The van der Waals surface area contributed by atoms with E-state index in [2.05, 4.69) is 33.5 Å². The van der Waals surface area contributed by atoms with Crippen molar-refractivity contribution in [3.05, 3.63) is 64.9 Å². The van der Waals surface area contributed by atoms with Gasteiger partial charge in [0, 0.05) is 23.6 Å². The van der Waals surface area contributed by atoms with Gasteiger partial charge in [0.1, 0.15) is 5.75 Å². The first-order chi connectivity index (χ1) is 12.2. The molecule has 2 aromatic carbocycles. The maximum Gasteiger partial charge on any atom is 0.227 e. The first-order valence-electron chi connectivity index (χ1n) is 8.28. The number of halogens is 1. The van der Waals surface area contributed by atoms with Gasteiger partial charge in [-0.2, -0.15) is 0 Å². The highest BCUT2D eigenvalue weighted by molar-refractivity contribution is 6.32. The summed E-state index contributed by atoms with van der Waals surface area (Å²) in [6, 6.07) is 12.0. The molecule has 4 nitrogen and oxygen atoms in total. The van der Waals surface area contributed by atoms with Gasteiger partial charge in [0.15, 0.2) is 0 Å². The van der Waals surface area contributed by atoms with Gasteiger partial charge >= 0.3 is 0 Å². The zero-order valence-electron chi connectivity index (χ0n) is 13.9. The third-order valence-corrected chi connectivity index (χ3v) is 4.84. The van der Waals surface area contributed by atoms with E-state index in [-0.39, 0.29) is 0 Å². The molecule has 5 heteroatoms. The summed E-state index contributed by atoms with van der Waals surface area (Å²) in [7, 11) is 1.60. The summed E-state index contributed by atoms with van der Waals surface area (Å²) in [5, 5.41) is 3.93. The van der Waals surface area contributed by atoms with Crippen molar-refractivity contribution >= 4 is 23.2 Å². The lowest BCUT2D eigenvalue weighted by Crippen LogP contribution is -2.00. The quantitative estimate of drug-likeness (QED) is 0.715. The standard InChI is InChI=1S/C20H18ClN3O/c1-25-19-10-14(8-9-17(19)21)15-11-22-20(23-12-15)24-18-7-3-5-13-4-2-6-16(13)18/h3,5,7-12H,2,4,6H2,1H3,(H,22,23,24). The average Bonchev–Trinajstić information content (AvgIpc) is 3.13. The van der Waals surface area contributed by atoms with E-state index in [9.17, 15) is 0 Å². The van der Waals surface area contributed by atoms with E-state index in [1.807, 2.05) is 18.2 Å². The Kier molecular flexibility index (Phi) is 4.28. The number of methoxy groups -OCH3 is 1. The third-order valence-electron chi connectivity index (χ3n) is 4.53. The second-order valence-corrected chi connectivity index (χ2v) is 6.47. The predicted molar refractivity (Wildman–Crippen MR) is 101 cm³/mol. The minimum absolute atomic E-state index is 0.586. The number of aromatic nitrogens is 2. The van der Waals surface area contributed by atoms with Crippen molar-refractivity contribution < 1.29 is 4.74 Å². The molecule has 0 saturated heterocycles. The zero-order valence-corrected chi connectivity index (χ0v) is 14.7. The highest BCUT2D eigenvalue weighted by Crippen LogP contribution is 2.31. The van der Waals surface area contributed by atoms with Crippen LogP contribution in [0.15, 0.2) is 48.8 Å². The van der Waals surface area contributed by atoms with Crippen LogP contribution in [0.1, 0.15) is 17.5 Å². The topological polar surface area (TPSA) is 47.0 Å². The van der Waals surface area contributed by atoms with Crippen molar-refractivity contribution in [2.75, 3.05) is 12.4 Å². The summed E-state index contributed by atoms with van der Waals surface area (Å²) in [4.78, 5) is 8.92. The van der Waals surface area contributed by atoms with Gasteiger partial charge in [-0.15, -0.1) is 0 Å². The van der Waals surface area contributed by atoms with Crippen molar-refractivity contribution in [2.45, 2.75) is 19.3 Å². The van der Waals surface area contributed by atoms with Gasteiger partial charge in [-0.1, -0.05) is 29.8 Å². The Morgan fingerprint density at radius 3 is 2.68 bits per heavy atom. The number of ether oxygens (including phenoxy) is 1. The molecule has 4 rings (SSSR count). The van der Waals surface area contributed by atoms with Gasteiger partial charge in [0.05, 0.1) is 12.1 Å². The predicted octanol–water partition coefficient (Wildman–Crippen LogP) is 5.04. The fourth-order valence-electron chi connectivity index (χ4n) is 3.24. The van der Waals surface area contributed by atoms with Crippen LogP contribution >= 0.6 is 11.6 Å². The van der Waals surface area contributed by atoms with Gasteiger partial charge in [0.2, 0.25) is 5.95 Å². The highest BCUT2D eigenvalue weighted by atomic mass is 35.5. The van der Waals surface area contributed by atoms with Gasteiger partial charge in [-0.25, -0.2) is 9.97 Å². The molecule has 0 unspecified atom stereocenters. The first kappa shape index (κ1) is 15.9. The Labute approximate surface area is 151 Å². The summed E-state index contributed by atoms with van der Waals surface area (Å²) in [6.07, 6.45) is 7.10. The van der Waals surface area contributed by atoms with E-state index in [1.165, 1.54) is 17.5 Å². The van der Waals surface area contributed by atoms with Crippen LogP contribution in [0.4, 0.5) is 11.6 Å². The number of benzene rings is 2. The van der Waals surface area contributed by atoms with E-state index in [1.54, 1.807) is 19.5 Å². The van der Waals surface area contributed by atoms with E-state index in [0.29, 0.717) is 16.7 Å². The van der Waals surface area contributed by atoms with Crippen molar-refractivity contribution in [3.63, 3.8) is 0 Å². The second-order valence-electron chi connectivity index (χ2n) is 6.07. The molecule has 25 heavy (non-hydrogen) atoms. The molecule has 0 saturated carbocycles. The summed E-state index contributed by atoms with van der Waals surface area (Å²) in [6.45, 7) is 0. The van der Waals surface area contributed by atoms with Crippen molar-refractivity contribution in [1.29, 1.82) is 0 Å². The number of hydrogen-bond donors (Lipinski definition) is 1. The molecule has 1 heterocycles. The molecule has 1 aliphatic rings. The molecule has 0 fully saturated rings. The van der Waals surface area contributed by atoms with Gasteiger partial charge in [-0.05, 0) is 54.2 Å². The average molecular weight is 352 g/mol. The Hall–Kier alpha value is -2.59. The number of hydrogen-bond acceptors (Lipinski definition) is 4. The fraction of sp³-hybridized carbons (Fsp3) is 0.200. The molecule has 0 spiro atoms. The third kappa shape index (κ3) is 3.17. The molecular weight excluding hydrogens is 334 g/mol. The summed E-state index contributed by atoms with van der Waals surface area (Å²) < 4.78 is 5.27. The number of anilines is 2. The van der Waals surface area contributed by atoms with Crippen LogP contribution in [0.3, 0.4) is 0 Å². The summed E-state index contributed by atoms with van der Waals surface area (Å²) in [5.41, 5.74) is 5.80. The fourth-order valence-corrected chi connectivity index (χ4v) is 3.43. The van der Waals surface area contributed by atoms with Crippen LogP contribution in [0, 0.1) is 0 Å². The number of nitrogens with zero attached hydrogens (tertiary/aromatic N) is 2. The molecule has 3 aromatic rings. The lowest BCUT2D eigenvalue weighted by atomic mass is 10.1. The second kappa shape index (κ2) is 6.73. The largest absolute Gasteiger partial charge is 0.495 e. The molecular formula is C20H18ClN3O. The van der Waals surface area contributed by atoms with E-state index >= 15 is 0 Å². The molecule has 0 amide bonds. The SMILES string of the molecule is COc1cc(-c2cnc(Nc3cccc4c3CCC4)nc2)ccc1Cl. The Bertz CT molecular complexity index is 909. The van der Waals surface area contributed by atoms with Gasteiger partial charge in [-0.3, -0.25) is 0 Å². The molecule has 1 aromatic heterocycles. The van der Waals surface area contributed by atoms with Crippen molar-refractivity contribution in [1.82, 2.24) is 9.97 Å². The maximum atomic E-state index is 6.08. The van der Waals surface area contributed by atoms with Crippen LogP contribution in [0.5, 0.6) is 5.75 Å². The van der Waals surface area contributed by atoms with E-state index in [0.717, 1.165) is 29.7 Å². The summed E-state index contributed by atoms with van der Waals surface area (Å²) >= 11 is 6.08. The minimum Gasteiger partial charge on any atom is -0.495 e. The number of nitrogens with one attached hydrogen (secondary N) is 1. The molecule has 0 bridgehead atoms. The van der Waals surface area contributed by atoms with Crippen LogP contribution in [0.25, 0.3) is 11.1 Å². The highest BCUT2D eigenvalue weighted by Gasteiger charge is 2.15. The molecule has 126 valence electrons. The number of rotatable bonds is 4. The smallest absolute Gasteiger partial charge is 0.227 e. The lowest BCUT2D eigenvalue weighted by Gasteiger charge is -2.11. The van der Waals surface area contributed by atoms with Crippen LogP contribution in [0.2, 0.25) is 5.02 Å². The normalized spacial score (nSPS) is 12.7. The number of fused-ring (bicyclic) bond motifs is 1. The van der Waals surface area contributed by atoms with Crippen LogP contribution < -0.4 is 10.1 Å². The zero-order chi connectivity index (χ0) is 17.2. The number of aryl methyl sites for hydroxylation is 1. The van der Waals surface area contributed by atoms with Crippen molar-refractivity contribution in [2.24, 2.45) is 0 Å².